The third-order valence-electron chi connectivity index (χ3n) is 3.50. The molecule has 0 aromatic rings. The van der Waals surface area contributed by atoms with Crippen LogP contribution in [0, 0.1) is 5.41 Å². The number of carbonyl (C=O) groups is 1. The van der Waals surface area contributed by atoms with E-state index in [9.17, 15) is 4.79 Å². The van der Waals surface area contributed by atoms with Crippen LogP contribution in [0.15, 0.2) is 0 Å². The van der Waals surface area contributed by atoms with Crippen LogP contribution in [0.4, 0.5) is 0 Å². The Balaban J connectivity index is 2.13. The van der Waals surface area contributed by atoms with E-state index in [2.05, 4.69) is 6.92 Å². The molecule has 106 valence electrons. The molecule has 1 rings (SSSR count). The van der Waals surface area contributed by atoms with Gasteiger partial charge in [0.15, 0.2) is 6.10 Å². The Morgan fingerprint density at radius 3 is 2.39 bits per heavy atom. The van der Waals surface area contributed by atoms with Gasteiger partial charge in [0.05, 0.1) is 18.6 Å². The lowest BCUT2D eigenvalue weighted by Crippen LogP contribution is -2.53. The first-order valence-corrected chi connectivity index (χ1v) is 7.02. The minimum absolute atomic E-state index is 0.339. The summed E-state index contributed by atoms with van der Waals surface area (Å²) in [6.07, 6.45) is 6.37. The second kappa shape index (κ2) is 7.74. The lowest BCUT2D eigenvalue weighted by Gasteiger charge is -2.41. The second-order valence-electron chi connectivity index (χ2n) is 5.50. The summed E-state index contributed by atoms with van der Waals surface area (Å²) in [5, 5.41) is 9.17. The van der Waals surface area contributed by atoms with Gasteiger partial charge < -0.3 is 14.6 Å². The van der Waals surface area contributed by atoms with Crippen molar-refractivity contribution in [3.05, 3.63) is 0 Å². The van der Waals surface area contributed by atoms with Gasteiger partial charge in [-0.1, -0.05) is 46.0 Å². The first-order valence-electron chi connectivity index (χ1n) is 7.02. The van der Waals surface area contributed by atoms with E-state index in [-0.39, 0.29) is 5.41 Å². The van der Waals surface area contributed by atoms with E-state index in [1.54, 1.807) is 0 Å². The highest BCUT2D eigenvalue weighted by atomic mass is 16.5. The molecule has 0 aromatic carbocycles. The normalized spacial score (nSPS) is 19.2. The molecule has 0 amide bonds. The van der Waals surface area contributed by atoms with Gasteiger partial charge in [-0.3, -0.25) is 0 Å². The first-order chi connectivity index (χ1) is 8.60. The summed E-state index contributed by atoms with van der Waals surface area (Å²) in [7, 11) is 0. The summed E-state index contributed by atoms with van der Waals surface area (Å²) in [5.41, 5.74) is -0.339. The first kappa shape index (κ1) is 15.4. The summed E-state index contributed by atoms with van der Waals surface area (Å²) in [4.78, 5) is 11.2. The van der Waals surface area contributed by atoms with E-state index in [1.807, 2.05) is 6.92 Å². The fraction of sp³-hybridized carbons (Fsp3) is 0.929. The summed E-state index contributed by atoms with van der Waals surface area (Å²) >= 11 is 0. The van der Waals surface area contributed by atoms with Gasteiger partial charge in [-0.15, -0.1) is 0 Å². The molecule has 1 atom stereocenters. The minimum Gasteiger partial charge on any atom is -0.479 e. The Morgan fingerprint density at radius 1 is 1.28 bits per heavy atom. The molecule has 0 radical (unpaired) electrons. The quantitative estimate of drug-likeness (QED) is 0.612. The van der Waals surface area contributed by atoms with Crippen molar-refractivity contribution in [3.63, 3.8) is 0 Å². The molecular weight excluding hydrogens is 232 g/mol. The van der Waals surface area contributed by atoms with Gasteiger partial charge in [0.1, 0.15) is 0 Å². The molecule has 0 aliphatic carbocycles. The number of rotatable bonds is 10. The number of hydrogen-bond donors (Lipinski definition) is 1. The van der Waals surface area contributed by atoms with Crippen molar-refractivity contribution >= 4 is 5.97 Å². The van der Waals surface area contributed by atoms with Crippen LogP contribution >= 0.6 is 0 Å². The molecule has 18 heavy (non-hydrogen) atoms. The monoisotopic (exact) mass is 258 g/mol. The molecule has 0 aromatic heterocycles. The fourth-order valence-corrected chi connectivity index (χ4v) is 2.23. The van der Waals surface area contributed by atoms with Crippen LogP contribution in [0.1, 0.15) is 52.4 Å². The van der Waals surface area contributed by atoms with Gasteiger partial charge in [0, 0.05) is 6.61 Å². The topological polar surface area (TPSA) is 55.8 Å². The molecule has 1 unspecified atom stereocenters. The van der Waals surface area contributed by atoms with E-state index < -0.39 is 12.1 Å². The van der Waals surface area contributed by atoms with E-state index in [1.165, 1.54) is 25.7 Å². The third kappa shape index (κ3) is 4.58. The molecule has 0 spiro atoms. The average molecular weight is 258 g/mol. The van der Waals surface area contributed by atoms with Crippen molar-refractivity contribution in [3.8, 4) is 0 Å². The molecule has 0 bridgehead atoms. The predicted molar refractivity (Wildman–Crippen MR) is 69.7 cm³/mol. The second-order valence-corrected chi connectivity index (χ2v) is 5.50. The Morgan fingerprint density at radius 2 is 1.89 bits per heavy atom. The smallest absolute Gasteiger partial charge is 0.333 e. The number of aliphatic carboxylic acids is 1. The average Bonchev–Trinajstić information content (AvgIpc) is 2.29. The van der Waals surface area contributed by atoms with Crippen LogP contribution in [-0.4, -0.2) is 37.0 Å². The van der Waals surface area contributed by atoms with Gasteiger partial charge in [0.25, 0.3) is 0 Å². The summed E-state index contributed by atoms with van der Waals surface area (Å²) in [6, 6.07) is 0. The zero-order valence-corrected chi connectivity index (χ0v) is 11.6. The van der Waals surface area contributed by atoms with Gasteiger partial charge in [0.2, 0.25) is 0 Å². The highest BCUT2D eigenvalue weighted by molar-refractivity contribution is 5.73. The van der Waals surface area contributed by atoms with Crippen molar-refractivity contribution < 1.29 is 19.4 Å². The van der Waals surface area contributed by atoms with Crippen LogP contribution in [0.5, 0.6) is 0 Å². The molecule has 0 saturated carbocycles. The van der Waals surface area contributed by atoms with Crippen LogP contribution in [0.3, 0.4) is 0 Å². The van der Waals surface area contributed by atoms with Gasteiger partial charge in [-0.2, -0.15) is 0 Å². The van der Waals surface area contributed by atoms with Crippen molar-refractivity contribution in [2.24, 2.45) is 5.41 Å². The Bertz CT molecular complexity index is 248. The predicted octanol–water partition coefficient (Wildman–Crippen LogP) is 2.85. The molecule has 1 aliphatic heterocycles. The van der Waals surface area contributed by atoms with Crippen molar-refractivity contribution in [1.29, 1.82) is 0 Å². The Hall–Kier alpha value is -0.610. The molecule has 1 fully saturated rings. The van der Waals surface area contributed by atoms with Gasteiger partial charge in [-0.05, 0) is 6.42 Å². The molecule has 1 N–H and O–H groups in total. The maximum absolute atomic E-state index is 11.2. The standard InChI is InChI=1S/C14H26O4/c1-3-4-5-6-7-8-9-18-12(13(15)16)14(2)10-17-11-14/h12H,3-11H2,1-2H3,(H,15,16). The van der Waals surface area contributed by atoms with Crippen molar-refractivity contribution in [2.45, 2.75) is 58.5 Å². The highest BCUT2D eigenvalue weighted by Gasteiger charge is 2.46. The molecule has 1 saturated heterocycles. The molecule has 4 heteroatoms. The number of unbranched alkanes of at least 4 members (excludes halogenated alkanes) is 5. The van der Waals surface area contributed by atoms with Crippen LogP contribution in [-0.2, 0) is 14.3 Å². The number of ether oxygens (including phenoxy) is 2. The van der Waals surface area contributed by atoms with Gasteiger partial charge in [-0.25, -0.2) is 4.79 Å². The van der Waals surface area contributed by atoms with E-state index >= 15 is 0 Å². The SMILES string of the molecule is CCCCCCCCOC(C(=O)O)C1(C)COC1. The molecule has 1 heterocycles. The lowest BCUT2D eigenvalue weighted by atomic mass is 9.82. The molecular formula is C14H26O4. The summed E-state index contributed by atoms with van der Waals surface area (Å²) < 4.78 is 10.6. The van der Waals surface area contributed by atoms with Crippen LogP contribution in [0.25, 0.3) is 0 Å². The minimum atomic E-state index is -0.869. The molecule has 4 nitrogen and oxygen atoms in total. The largest absolute Gasteiger partial charge is 0.479 e. The third-order valence-corrected chi connectivity index (χ3v) is 3.50. The maximum atomic E-state index is 11.2. The lowest BCUT2D eigenvalue weighted by molar-refractivity contribution is -0.197. The van der Waals surface area contributed by atoms with E-state index in [0.717, 1.165) is 12.8 Å². The van der Waals surface area contributed by atoms with Crippen LogP contribution < -0.4 is 0 Å². The number of carboxylic acids is 1. The highest BCUT2D eigenvalue weighted by Crippen LogP contribution is 2.33. The Labute approximate surface area is 110 Å². The zero-order valence-electron chi connectivity index (χ0n) is 11.6. The van der Waals surface area contributed by atoms with E-state index in [4.69, 9.17) is 14.6 Å². The summed E-state index contributed by atoms with van der Waals surface area (Å²) in [6.45, 7) is 5.62. The van der Waals surface area contributed by atoms with Crippen molar-refractivity contribution in [2.75, 3.05) is 19.8 Å². The molecule has 1 aliphatic rings. The number of hydrogen-bond acceptors (Lipinski definition) is 3. The summed E-state index contributed by atoms with van der Waals surface area (Å²) in [5.74, 6) is -0.869. The number of carboxylic acid groups (broad SMARTS) is 1. The zero-order chi connectivity index (χ0) is 13.4. The van der Waals surface area contributed by atoms with Crippen LogP contribution in [0.2, 0.25) is 0 Å². The van der Waals surface area contributed by atoms with E-state index in [0.29, 0.717) is 19.8 Å². The van der Waals surface area contributed by atoms with Gasteiger partial charge >= 0.3 is 5.97 Å². The Kier molecular flexibility index (Phi) is 6.65. The maximum Gasteiger partial charge on any atom is 0.333 e. The fourth-order valence-electron chi connectivity index (χ4n) is 2.23. The van der Waals surface area contributed by atoms with Crippen molar-refractivity contribution in [1.82, 2.24) is 0 Å².